The summed E-state index contributed by atoms with van der Waals surface area (Å²) in [5, 5.41) is 3.66. The van der Waals surface area contributed by atoms with Crippen LogP contribution in [0.15, 0.2) is 49.1 Å². The number of sulfonamides is 1. The summed E-state index contributed by atoms with van der Waals surface area (Å²) in [6.45, 7) is 1.43. The van der Waals surface area contributed by atoms with Gasteiger partial charge in [-0.3, -0.25) is 4.79 Å². The highest BCUT2D eigenvalue weighted by molar-refractivity contribution is 7.88. The van der Waals surface area contributed by atoms with Gasteiger partial charge >= 0.3 is 0 Å². The van der Waals surface area contributed by atoms with E-state index < -0.39 is 10.0 Å². The number of carbonyl (C=O) groups is 1. The number of nitrogens with zero attached hydrogens (tertiary/aromatic N) is 4. The van der Waals surface area contributed by atoms with E-state index in [4.69, 9.17) is 0 Å². The number of H-pyrrole nitrogens is 2. The first-order chi connectivity index (χ1) is 19.4. The molecule has 0 aliphatic heterocycles. The SMILES string of the molecule is CS(=O)(=O)N(C1CCCCC1)[C@H]1CC[C@H](NCc2ccc(C(=O)N(Cc3ncc[nH]3)Cc3ncc[nH]3)cc2)CC1. The summed E-state index contributed by atoms with van der Waals surface area (Å²) in [4.78, 5) is 29.8. The average Bonchev–Trinajstić information content (AvgIpc) is 3.67. The molecule has 1 amide bonds. The number of aromatic nitrogens is 4. The molecule has 0 radical (unpaired) electrons. The van der Waals surface area contributed by atoms with Crippen LogP contribution < -0.4 is 5.32 Å². The number of rotatable bonds is 11. The standard InChI is InChI=1S/C29H41N7O3S/c1-40(38,39)36(25-5-3-2-4-6-25)26-13-11-24(12-14-26)34-19-22-7-9-23(10-8-22)29(37)35(20-27-30-15-16-31-27)21-28-32-17-18-33-28/h7-10,15-18,24-26,34H,2-6,11-14,19-21H2,1H3,(H,30,31)(H,32,33)/t24-,26-. The third-order valence-corrected chi connectivity index (χ3v) is 9.61. The molecule has 10 nitrogen and oxygen atoms in total. The van der Waals surface area contributed by atoms with E-state index in [0.717, 1.165) is 56.9 Å². The van der Waals surface area contributed by atoms with Crippen LogP contribution in [0.2, 0.25) is 0 Å². The summed E-state index contributed by atoms with van der Waals surface area (Å²) >= 11 is 0. The summed E-state index contributed by atoms with van der Waals surface area (Å²) in [6.07, 6.45) is 17.4. The Balaban J connectivity index is 1.14. The van der Waals surface area contributed by atoms with E-state index in [-0.39, 0.29) is 18.0 Å². The van der Waals surface area contributed by atoms with Crippen molar-refractivity contribution in [2.24, 2.45) is 0 Å². The number of carbonyl (C=O) groups excluding carboxylic acids is 1. The highest BCUT2D eigenvalue weighted by Gasteiger charge is 2.36. The average molecular weight is 568 g/mol. The minimum atomic E-state index is -3.21. The zero-order valence-electron chi connectivity index (χ0n) is 23.3. The molecular weight excluding hydrogens is 526 g/mol. The Hall–Kier alpha value is -3.02. The number of imidazole rings is 2. The maximum atomic E-state index is 13.4. The summed E-state index contributed by atoms with van der Waals surface area (Å²) in [5.41, 5.74) is 1.73. The van der Waals surface area contributed by atoms with E-state index in [2.05, 4.69) is 25.3 Å². The fourth-order valence-electron chi connectivity index (χ4n) is 6.25. The van der Waals surface area contributed by atoms with Crippen molar-refractivity contribution in [3.05, 3.63) is 71.8 Å². The Kier molecular flexibility index (Phi) is 9.33. The predicted octanol–water partition coefficient (Wildman–Crippen LogP) is 3.97. The largest absolute Gasteiger partial charge is 0.347 e. The van der Waals surface area contributed by atoms with Crippen LogP contribution in [0.3, 0.4) is 0 Å². The van der Waals surface area contributed by atoms with Crippen LogP contribution in [0.25, 0.3) is 0 Å². The van der Waals surface area contributed by atoms with E-state index in [1.807, 2.05) is 28.6 Å². The van der Waals surface area contributed by atoms with Gasteiger partial charge in [-0.15, -0.1) is 0 Å². The highest BCUT2D eigenvalue weighted by Crippen LogP contribution is 2.32. The lowest BCUT2D eigenvalue weighted by atomic mass is 9.88. The van der Waals surface area contributed by atoms with Gasteiger partial charge in [-0.05, 0) is 56.2 Å². The van der Waals surface area contributed by atoms with Gasteiger partial charge in [-0.1, -0.05) is 31.4 Å². The van der Waals surface area contributed by atoms with Crippen molar-refractivity contribution in [1.29, 1.82) is 0 Å². The predicted molar refractivity (Wildman–Crippen MR) is 154 cm³/mol. The number of nitrogens with one attached hydrogen (secondary N) is 3. The maximum Gasteiger partial charge on any atom is 0.254 e. The van der Waals surface area contributed by atoms with Gasteiger partial charge in [-0.2, -0.15) is 4.31 Å². The lowest BCUT2D eigenvalue weighted by Gasteiger charge is -2.41. The molecule has 216 valence electrons. The molecule has 2 aliphatic rings. The first-order valence-corrected chi connectivity index (χ1v) is 16.3. The Bertz CT molecular complexity index is 1260. The number of amides is 1. The molecule has 2 aliphatic carbocycles. The molecule has 40 heavy (non-hydrogen) atoms. The van der Waals surface area contributed by atoms with Crippen molar-refractivity contribution < 1.29 is 13.2 Å². The first kappa shape index (κ1) is 28.5. The Morgan fingerprint density at radius 2 is 1.45 bits per heavy atom. The van der Waals surface area contributed by atoms with Gasteiger partial charge in [0, 0.05) is 55.0 Å². The van der Waals surface area contributed by atoms with Crippen molar-refractivity contribution >= 4 is 15.9 Å². The molecule has 2 fully saturated rings. The van der Waals surface area contributed by atoms with Crippen LogP contribution in [0.5, 0.6) is 0 Å². The molecular formula is C29H41N7O3S. The first-order valence-electron chi connectivity index (χ1n) is 14.4. The molecule has 2 heterocycles. The molecule has 0 unspecified atom stereocenters. The van der Waals surface area contributed by atoms with Crippen LogP contribution in [-0.2, 0) is 29.7 Å². The fourth-order valence-corrected chi connectivity index (χ4v) is 7.75. The van der Waals surface area contributed by atoms with Gasteiger partial charge in [0.1, 0.15) is 11.6 Å². The van der Waals surface area contributed by atoms with E-state index in [1.165, 1.54) is 12.7 Å². The summed E-state index contributed by atoms with van der Waals surface area (Å²) in [6, 6.07) is 8.41. The van der Waals surface area contributed by atoms with Gasteiger partial charge in [0.15, 0.2) is 0 Å². The summed E-state index contributed by atoms with van der Waals surface area (Å²) < 4.78 is 27.2. The molecule has 3 N–H and O–H groups in total. The third-order valence-electron chi connectivity index (χ3n) is 8.25. The maximum absolute atomic E-state index is 13.4. The summed E-state index contributed by atoms with van der Waals surface area (Å²) in [5.74, 6) is 1.35. The summed E-state index contributed by atoms with van der Waals surface area (Å²) in [7, 11) is -3.21. The van der Waals surface area contributed by atoms with Gasteiger partial charge in [-0.25, -0.2) is 18.4 Å². The smallest absolute Gasteiger partial charge is 0.254 e. The molecule has 11 heteroatoms. The van der Waals surface area contributed by atoms with Crippen molar-refractivity contribution in [2.45, 2.75) is 95.5 Å². The molecule has 0 spiro atoms. The second kappa shape index (κ2) is 13.1. The molecule has 0 saturated heterocycles. The van der Waals surface area contributed by atoms with E-state index in [0.29, 0.717) is 42.9 Å². The van der Waals surface area contributed by atoms with Crippen molar-refractivity contribution in [3.63, 3.8) is 0 Å². The van der Waals surface area contributed by atoms with E-state index >= 15 is 0 Å². The Morgan fingerprint density at radius 1 is 0.875 bits per heavy atom. The monoisotopic (exact) mass is 567 g/mol. The third kappa shape index (κ3) is 7.38. The van der Waals surface area contributed by atoms with Crippen LogP contribution in [-0.4, -0.2) is 67.8 Å². The van der Waals surface area contributed by atoms with Gasteiger partial charge in [0.2, 0.25) is 10.0 Å². The molecule has 0 atom stereocenters. The van der Waals surface area contributed by atoms with Crippen molar-refractivity contribution in [2.75, 3.05) is 6.26 Å². The van der Waals surface area contributed by atoms with Gasteiger partial charge < -0.3 is 20.2 Å². The number of benzene rings is 1. The zero-order valence-corrected chi connectivity index (χ0v) is 24.1. The Labute approximate surface area is 237 Å². The van der Waals surface area contributed by atoms with Gasteiger partial charge in [0.25, 0.3) is 5.91 Å². The fraction of sp³-hybridized carbons (Fsp3) is 0.552. The van der Waals surface area contributed by atoms with Crippen molar-refractivity contribution in [1.82, 2.24) is 34.5 Å². The van der Waals surface area contributed by atoms with Crippen LogP contribution in [0.1, 0.15) is 85.4 Å². The van der Waals surface area contributed by atoms with Crippen LogP contribution >= 0.6 is 0 Å². The van der Waals surface area contributed by atoms with Gasteiger partial charge in [0.05, 0.1) is 19.3 Å². The number of hydrogen-bond acceptors (Lipinski definition) is 6. The lowest BCUT2D eigenvalue weighted by molar-refractivity contribution is 0.0721. The van der Waals surface area contributed by atoms with Crippen LogP contribution in [0.4, 0.5) is 0 Å². The minimum absolute atomic E-state index is 0.0842. The van der Waals surface area contributed by atoms with E-state index in [9.17, 15) is 13.2 Å². The Morgan fingerprint density at radius 3 is 1.98 bits per heavy atom. The van der Waals surface area contributed by atoms with Crippen molar-refractivity contribution in [3.8, 4) is 0 Å². The molecule has 2 aromatic heterocycles. The quantitative estimate of drug-likeness (QED) is 0.322. The number of hydrogen-bond donors (Lipinski definition) is 3. The second-order valence-corrected chi connectivity index (χ2v) is 13.1. The second-order valence-electron chi connectivity index (χ2n) is 11.2. The molecule has 1 aromatic carbocycles. The zero-order chi connectivity index (χ0) is 28.0. The topological polar surface area (TPSA) is 127 Å². The van der Waals surface area contributed by atoms with Crippen LogP contribution in [0, 0.1) is 0 Å². The molecule has 5 rings (SSSR count). The van der Waals surface area contributed by atoms with E-state index in [1.54, 1.807) is 29.7 Å². The molecule has 0 bridgehead atoms. The molecule has 2 saturated carbocycles. The number of aromatic amines is 2. The highest BCUT2D eigenvalue weighted by atomic mass is 32.2. The minimum Gasteiger partial charge on any atom is -0.347 e. The lowest BCUT2D eigenvalue weighted by Crippen LogP contribution is -2.50. The normalized spacial score (nSPS) is 20.6. The molecule has 3 aromatic rings.